The number of carbonyl (C=O) groups excluding carboxylic acids is 1. The van der Waals surface area contributed by atoms with Crippen LogP contribution in [0.3, 0.4) is 0 Å². The number of nitrogens with zero attached hydrogens (tertiary/aromatic N) is 3. The molecule has 0 spiro atoms. The van der Waals surface area contributed by atoms with E-state index in [1.54, 1.807) is 13.2 Å². The molecule has 0 atom stereocenters. The van der Waals surface area contributed by atoms with Crippen molar-refractivity contribution < 1.29 is 4.79 Å². The van der Waals surface area contributed by atoms with Crippen LogP contribution in [0.25, 0.3) is 0 Å². The summed E-state index contributed by atoms with van der Waals surface area (Å²) < 4.78 is 0. The van der Waals surface area contributed by atoms with E-state index in [-0.39, 0.29) is 5.91 Å². The second-order valence-electron chi connectivity index (χ2n) is 4.99. The van der Waals surface area contributed by atoms with Gasteiger partial charge in [-0.05, 0) is 12.1 Å². The fourth-order valence-corrected chi connectivity index (χ4v) is 2.26. The van der Waals surface area contributed by atoms with Gasteiger partial charge in [0, 0.05) is 65.2 Å². The number of aromatic nitrogens is 1. The van der Waals surface area contributed by atoms with Crippen molar-refractivity contribution in [2.45, 2.75) is 0 Å². The van der Waals surface area contributed by atoms with Crippen LogP contribution in [-0.4, -0.2) is 69.2 Å². The Labute approximate surface area is 120 Å². The third-order valence-electron chi connectivity index (χ3n) is 3.61. The maximum absolute atomic E-state index is 11.6. The van der Waals surface area contributed by atoms with Crippen molar-refractivity contribution in [1.82, 2.24) is 20.5 Å². The molecule has 2 N–H and O–H groups in total. The molecule has 1 aromatic heterocycles. The van der Waals surface area contributed by atoms with E-state index in [1.807, 2.05) is 19.2 Å². The molecule has 110 valence electrons. The molecule has 1 aromatic rings. The lowest BCUT2D eigenvalue weighted by Crippen LogP contribution is -2.46. The second kappa shape index (κ2) is 7.21. The molecule has 0 saturated carbocycles. The number of hydrogen-bond donors (Lipinski definition) is 2. The quantitative estimate of drug-likeness (QED) is 0.779. The Morgan fingerprint density at radius 2 is 2.25 bits per heavy atom. The molecule has 1 amide bonds. The van der Waals surface area contributed by atoms with Gasteiger partial charge in [-0.15, -0.1) is 0 Å². The number of amides is 1. The zero-order valence-corrected chi connectivity index (χ0v) is 12.2. The third-order valence-corrected chi connectivity index (χ3v) is 3.61. The highest BCUT2D eigenvalue weighted by atomic mass is 16.1. The number of rotatable bonds is 5. The first-order valence-electron chi connectivity index (χ1n) is 7.03. The molecular weight excluding hydrogens is 254 g/mol. The van der Waals surface area contributed by atoms with Crippen molar-refractivity contribution in [3.63, 3.8) is 0 Å². The Hall–Kier alpha value is -1.66. The van der Waals surface area contributed by atoms with Crippen molar-refractivity contribution in [2.24, 2.45) is 0 Å². The van der Waals surface area contributed by atoms with E-state index in [1.165, 1.54) is 0 Å². The molecule has 20 heavy (non-hydrogen) atoms. The van der Waals surface area contributed by atoms with Gasteiger partial charge in [-0.1, -0.05) is 0 Å². The molecule has 2 rings (SSSR count). The number of piperazine rings is 1. The first kappa shape index (κ1) is 14.7. The fraction of sp³-hybridized carbons (Fsp3) is 0.571. The van der Waals surface area contributed by atoms with Crippen LogP contribution in [0, 0.1) is 0 Å². The number of likely N-dealkylation sites (N-methyl/N-ethyl adjacent to an activating group) is 1. The van der Waals surface area contributed by atoms with E-state index in [0.29, 0.717) is 5.69 Å². The fourth-order valence-electron chi connectivity index (χ4n) is 2.26. The van der Waals surface area contributed by atoms with Crippen LogP contribution in [0.15, 0.2) is 18.3 Å². The molecule has 6 heteroatoms. The van der Waals surface area contributed by atoms with Crippen molar-refractivity contribution in [3.8, 4) is 0 Å². The van der Waals surface area contributed by atoms with Gasteiger partial charge in [0.1, 0.15) is 5.69 Å². The number of hydrogen-bond acceptors (Lipinski definition) is 5. The maximum atomic E-state index is 11.6. The van der Waals surface area contributed by atoms with Crippen LogP contribution in [0.4, 0.5) is 5.69 Å². The number of nitrogens with one attached hydrogen (secondary N) is 2. The zero-order chi connectivity index (χ0) is 14.4. The minimum Gasteiger partial charge on any atom is -0.373 e. The topological polar surface area (TPSA) is 60.5 Å². The van der Waals surface area contributed by atoms with Crippen LogP contribution in [-0.2, 0) is 0 Å². The van der Waals surface area contributed by atoms with Crippen molar-refractivity contribution in [1.29, 1.82) is 0 Å². The zero-order valence-electron chi connectivity index (χ0n) is 12.2. The van der Waals surface area contributed by atoms with Gasteiger partial charge in [0.2, 0.25) is 0 Å². The monoisotopic (exact) mass is 277 g/mol. The summed E-state index contributed by atoms with van der Waals surface area (Å²) in [6, 6.07) is 3.76. The Morgan fingerprint density at radius 1 is 1.50 bits per heavy atom. The van der Waals surface area contributed by atoms with Gasteiger partial charge in [-0.25, -0.2) is 0 Å². The molecule has 0 unspecified atom stereocenters. The predicted molar refractivity (Wildman–Crippen MR) is 80.2 cm³/mol. The summed E-state index contributed by atoms with van der Waals surface area (Å²) in [7, 11) is 3.66. The minimum atomic E-state index is -0.151. The lowest BCUT2D eigenvalue weighted by atomic mass is 10.2. The van der Waals surface area contributed by atoms with E-state index in [9.17, 15) is 4.79 Å². The molecule has 1 saturated heterocycles. The van der Waals surface area contributed by atoms with Gasteiger partial charge in [-0.3, -0.25) is 14.7 Å². The summed E-state index contributed by atoms with van der Waals surface area (Å²) in [4.78, 5) is 20.3. The second-order valence-corrected chi connectivity index (χ2v) is 4.99. The molecule has 0 aliphatic carbocycles. The van der Waals surface area contributed by atoms with Crippen molar-refractivity contribution in [2.75, 3.05) is 58.3 Å². The number of carbonyl (C=O) groups is 1. The lowest BCUT2D eigenvalue weighted by molar-refractivity contribution is 0.0958. The normalized spacial score (nSPS) is 15.9. The van der Waals surface area contributed by atoms with E-state index < -0.39 is 0 Å². The average molecular weight is 277 g/mol. The molecule has 1 aliphatic heterocycles. The van der Waals surface area contributed by atoms with Gasteiger partial charge >= 0.3 is 0 Å². The molecule has 0 radical (unpaired) electrons. The highest BCUT2D eigenvalue weighted by molar-refractivity contribution is 5.92. The van der Waals surface area contributed by atoms with Gasteiger partial charge < -0.3 is 15.5 Å². The maximum Gasteiger partial charge on any atom is 0.269 e. The van der Waals surface area contributed by atoms with Gasteiger partial charge in [0.05, 0.1) is 0 Å². The first-order chi connectivity index (χ1) is 9.70. The molecular formula is C14H23N5O. The summed E-state index contributed by atoms with van der Waals surface area (Å²) >= 11 is 0. The van der Waals surface area contributed by atoms with E-state index in [4.69, 9.17) is 0 Å². The summed E-state index contributed by atoms with van der Waals surface area (Å²) in [5, 5.41) is 5.95. The molecule has 2 heterocycles. The first-order valence-corrected chi connectivity index (χ1v) is 7.03. The Balaban J connectivity index is 1.91. The summed E-state index contributed by atoms with van der Waals surface area (Å²) in [6.45, 7) is 6.33. The molecule has 0 aromatic carbocycles. The molecule has 6 nitrogen and oxygen atoms in total. The van der Waals surface area contributed by atoms with Crippen molar-refractivity contribution in [3.05, 3.63) is 24.0 Å². The van der Waals surface area contributed by atoms with Crippen LogP contribution in [0.2, 0.25) is 0 Å². The smallest absolute Gasteiger partial charge is 0.269 e. The SMILES string of the molecule is CNC(=O)c1cc(N(C)CCN2CCNCC2)ccn1. The van der Waals surface area contributed by atoms with Gasteiger partial charge in [0.25, 0.3) is 5.91 Å². The molecule has 1 fully saturated rings. The predicted octanol–water partition coefficient (Wildman–Crippen LogP) is -0.217. The van der Waals surface area contributed by atoms with Crippen LogP contribution < -0.4 is 15.5 Å². The Bertz CT molecular complexity index is 445. The standard InChI is InChI=1S/C14H23N5O/c1-15-14(20)13-11-12(3-4-17-13)18(2)9-10-19-7-5-16-6-8-19/h3-4,11,16H,5-10H2,1-2H3,(H,15,20). The Kier molecular flexibility index (Phi) is 5.31. The van der Waals surface area contributed by atoms with E-state index in [2.05, 4.69) is 25.4 Å². The highest BCUT2D eigenvalue weighted by Crippen LogP contribution is 2.12. The van der Waals surface area contributed by atoms with Crippen LogP contribution in [0.5, 0.6) is 0 Å². The molecule has 0 bridgehead atoms. The van der Waals surface area contributed by atoms with Gasteiger partial charge in [0.15, 0.2) is 0 Å². The van der Waals surface area contributed by atoms with E-state index >= 15 is 0 Å². The van der Waals surface area contributed by atoms with Crippen LogP contribution >= 0.6 is 0 Å². The molecule has 1 aliphatic rings. The lowest BCUT2D eigenvalue weighted by Gasteiger charge is -2.29. The summed E-state index contributed by atoms with van der Waals surface area (Å²) in [5.41, 5.74) is 1.48. The average Bonchev–Trinajstić information content (AvgIpc) is 2.53. The van der Waals surface area contributed by atoms with Crippen LogP contribution in [0.1, 0.15) is 10.5 Å². The minimum absolute atomic E-state index is 0.151. The third kappa shape index (κ3) is 3.91. The Morgan fingerprint density at radius 3 is 2.95 bits per heavy atom. The summed E-state index contributed by atoms with van der Waals surface area (Å²) in [6.07, 6.45) is 1.68. The van der Waals surface area contributed by atoms with Gasteiger partial charge in [-0.2, -0.15) is 0 Å². The number of pyridine rings is 1. The largest absolute Gasteiger partial charge is 0.373 e. The summed E-state index contributed by atoms with van der Waals surface area (Å²) in [5.74, 6) is -0.151. The highest BCUT2D eigenvalue weighted by Gasteiger charge is 2.11. The van der Waals surface area contributed by atoms with E-state index in [0.717, 1.165) is 45.0 Å². The number of anilines is 1. The van der Waals surface area contributed by atoms with Crippen molar-refractivity contribution >= 4 is 11.6 Å².